The summed E-state index contributed by atoms with van der Waals surface area (Å²) >= 11 is 5.47. The number of hydrogen-bond donors (Lipinski definition) is 0. The van der Waals surface area contributed by atoms with E-state index in [1.54, 1.807) is 12.4 Å². The van der Waals surface area contributed by atoms with Gasteiger partial charge in [0.15, 0.2) is 0 Å². The lowest BCUT2D eigenvalue weighted by molar-refractivity contribution is 1.29. The van der Waals surface area contributed by atoms with Gasteiger partial charge in [-0.2, -0.15) is 0 Å². The highest BCUT2D eigenvalue weighted by Gasteiger charge is 1.94. The first-order chi connectivity index (χ1) is 6.90. The summed E-state index contributed by atoms with van der Waals surface area (Å²) in [5.74, 6) is 6.08. The monoisotopic (exact) mass is 202 g/mol. The summed E-state index contributed by atoms with van der Waals surface area (Å²) < 4.78 is 0. The minimum absolute atomic E-state index is 0.346. The van der Waals surface area contributed by atoms with Crippen LogP contribution in [0, 0.1) is 11.8 Å². The molecule has 0 aliphatic rings. The summed E-state index contributed by atoms with van der Waals surface area (Å²) in [5, 5.41) is 0. The summed E-state index contributed by atoms with van der Waals surface area (Å²) in [6.45, 7) is 0. The minimum Gasteiger partial charge on any atom is -0.253 e. The van der Waals surface area contributed by atoms with Crippen LogP contribution < -0.4 is 0 Å². The first kappa shape index (κ1) is 8.98. The maximum atomic E-state index is 5.47. The van der Waals surface area contributed by atoms with Crippen molar-refractivity contribution in [1.29, 1.82) is 0 Å². The molecule has 0 aliphatic heterocycles. The van der Waals surface area contributed by atoms with Gasteiger partial charge in [0.25, 0.3) is 0 Å². The summed E-state index contributed by atoms with van der Waals surface area (Å²) in [6, 6.07) is 5.72. The molecule has 0 radical (unpaired) electrons. The number of rotatable bonds is 0. The Morgan fingerprint density at radius 1 is 1.14 bits per heavy atom. The van der Waals surface area contributed by atoms with E-state index >= 15 is 0 Å². The number of nitrogens with zero attached hydrogens (tertiary/aromatic N) is 2. The van der Waals surface area contributed by atoms with E-state index in [-0.39, 0.29) is 0 Å². The fourth-order valence-electron chi connectivity index (χ4n) is 1.18. The molecule has 0 spiro atoms. The lowest BCUT2D eigenvalue weighted by Gasteiger charge is -1.95. The molecule has 1 aromatic carbocycles. The summed E-state index contributed by atoms with van der Waals surface area (Å²) in [6.07, 6.45) is 3.34. The highest BCUT2D eigenvalue weighted by Crippen LogP contribution is 2.09. The van der Waals surface area contributed by atoms with Crippen molar-refractivity contribution in [3.05, 3.63) is 36.2 Å². The molecule has 2 rings (SSSR count). The molecular formula is C11H7ClN2. The predicted molar refractivity (Wildman–Crippen MR) is 57.1 cm³/mol. The molecule has 0 amide bonds. The SMILES string of the molecule is ClCC#Cc1ccc2nccnc2c1. The third-order valence-corrected chi connectivity index (χ3v) is 1.90. The second kappa shape index (κ2) is 4.08. The Balaban J connectivity index is 2.51. The summed E-state index contributed by atoms with van der Waals surface area (Å²) in [4.78, 5) is 8.35. The van der Waals surface area contributed by atoms with Gasteiger partial charge < -0.3 is 0 Å². The molecule has 14 heavy (non-hydrogen) atoms. The Hall–Kier alpha value is -1.59. The zero-order valence-electron chi connectivity index (χ0n) is 7.37. The van der Waals surface area contributed by atoms with Crippen LogP contribution in [0.25, 0.3) is 11.0 Å². The summed E-state index contributed by atoms with van der Waals surface area (Å²) in [5.41, 5.74) is 2.65. The van der Waals surface area contributed by atoms with Crippen molar-refractivity contribution in [3.8, 4) is 11.8 Å². The van der Waals surface area contributed by atoms with Crippen LogP contribution in [0.15, 0.2) is 30.6 Å². The van der Waals surface area contributed by atoms with Crippen molar-refractivity contribution in [2.45, 2.75) is 0 Å². The number of aromatic nitrogens is 2. The predicted octanol–water partition coefficient (Wildman–Crippen LogP) is 2.22. The Labute approximate surface area is 86.9 Å². The van der Waals surface area contributed by atoms with Crippen LogP contribution in [0.3, 0.4) is 0 Å². The first-order valence-electron chi connectivity index (χ1n) is 4.16. The number of halogens is 1. The highest BCUT2D eigenvalue weighted by molar-refractivity contribution is 6.19. The molecular weight excluding hydrogens is 196 g/mol. The van der Waals surface area contributed by atoms with E-state index in [2.05, 4.69) is 21.8 Å². The zero-order valence-corrected chi connectivity index (χ0v) is 8.12. The summed E-state index contributed by atoms with van der Waals surface area (Å²) in [7, 11) is 0. The van der Waals surface area contributed by atoms with E-state index in [0.29, 0.717) is 5.88 Å². The maximum Gasteiger partial charge on any atom is 0.0899 e. The fourth-order valence-corrected chi connectivity index (χ4v) is 1.24. The van der Waals surface area contributed by atoms with Crippen LogP contribution in [-0.2, 0) is 0 Å². The topological polar surface area (TPSA) is 25.8 Å². The number of fused-ring (bicyclic) bond motifs is 1. The number of benzene rings is 1. The van der Waals surface area contributed by atoms with Crippen LogP contribution >= 0.6 is 11.6 Å². The third-order valence-electron chi connectivity index (χ3n) is 1.77. The molecule has 0 bridgehead atoms. The normalized spacial score (nSPS) is 9.50. The highest BCUT2D eigenvalue weighted by atomic mass is 35.5. The minimum atomic E-state index is 0.346. The van der Waals surface area contributed by atoms with E-state index in [0.717, 1.165) is 16.6 Å². The molecule has 1 aromatic heterocycles. The largest absolute Gasteiger partial charge is 0.253 e. The van der Waals surface area contributed by atoms with Crippen LogP contribution in [0.1, 0.15) is 5.56 Å². The molecule has 0 N–H and O–H groups in total. The molecule has 0 fully saturated rings. The fraction of sp³-hybridized carbons (Fsp3) is 0.0909. The van der Waals surface area contributed by atoms with Gasteiger partial charge >= 0.3 is 0 Å². The Kier molecular flexibility index (Phi) is 2.62. The van der Waals surface area contributed by atoms with Crippen molar-refractivity contribution in [2.24, 2.45) is 0 Å². The van der Waals surface area contributed by atoms with Gasteiger partial charge in [0, 0.05) is 18.0 Å². The van der Waals surface area contributed by atoms with Crippen molar-refractivity contribution >= 4 is 22.6 Å². The van der Waals surface area contributed by atoms with Crippen LogP contribution in [0.5, 0.6) is 0 Å². The molecule has 1 heterocycles. The second-order valence-corrected chi connectivity index (χ2v) is 2.96. The average Bonchev–Trinajstić information content (AvgIpc) is 2.26. The van der Waals surface area contributed by atoms with Gasteiger partial charge in [-0.25, -0.2) is 0 Å². The smallest absolute Gasteiger partial charge is 0.0899 e. The van der Waals surface area contributed by atoms with Crippen molar-refractivity contribution in [1.82, 2.24) is 9.97 Å². The van der Waals surface area contributed by atoms with Gasteiger partial charge in [-0.15, -0.1) is 11.6 Å². The van der Waals surface area contributed by atoms with Crippen LogP contribution in [-0.4, -0.2) is 15.8 Å². The Morgan fingerprint density at radius 3 is 2.71 bits per heavy atom. The van der Waals surface area contributed by atoms with Crippen molar-refractivity contribution < 1.29 is 0 Å². The standard InChI is InChI=1S/C11H7ClN2/c12-5-1-2-9-3-4-10-11(8-9)14-7-6-13-10/h3-4,6-8H,5H2. The van der Waals surface area contributed by atoms with E-state index in [1.807, 2.05) is 18.2 Å². The van der Waals surface area contributed by atoms with Gasteiger partial charge in [0.05, 0.1) is 16.9 Å². The van der Waals surface area contributed by atoms with Gasteiger partial charge in [-0.05, 0) is 18.2 Å². The van der Waals surface area contributed by atoms with Gasteiger partial charge in [-0.3, -0.25) is 9.97 Å². The number of hydrogen-bond acceptors (Lipinski definition) is 2. The molecule has 0 atom stereocenters. The first-order valence-corrected chi connectivity index (χ1v) is 4.69. The maximum absolute atomic E-state index is 5.47. The molecule has 3 heteroatoms. The Morgan fingerprint density at radius 2 is 1.93 bits per heavy atom. The molecule has 0 saturated carbocycles. The number of alkyl halides is 1. The third kappa shape index (κ3) is 1.84. The molecule has 0 saturated heterocycles. The van der Waals surface area contributed by atoms with Gasteiger partial charge in [0.1, 0.15) is 0 Å². The van der Waals surface area contributed by atoms with Gasteiger partial charge in [-0.1, -0.05) is 11.8 Å². The van der Waals surface area contributed by atoms with Crippen LogP contribution in [0.2, 0.25) is 0 Å². The molecule has 0 aliphatic carbocycles. The Bertz CT molecular complexity index is 511. The lowest BCUT2D eigenvalue weighted by Crippen LogP contribution is -1.83. The second-order valence-electron chi connectivity index (χ2n) is 2.70. The molecule has 68 valence electrons. The van der Waals surface area contributed by atoms with Crippen molar-refractivity contribution in [2.75, 3.05) is 5.88 Å². The van der Waals surface area contributed by atoms with E-state index in [4.69, 9.17) is 11.6 Å². The zero-order chi connectivity index (χ0) is 9.80. The molecule has 2 nitrogen and oxygen atoms in total. The van der Waals surface area contributed by atoms with Crippen molar-refractivity contribution in [3.63, 3.8) is 0 Å². The van der Waals surface area contributed by atoms with Gasteiger partial charge in [0.2, 0.25) is 0 Å². The quantitative estimate of drug-likeness (QED) is 0.484. The van der Waals surface area contributed by atoms with E-state index < -0.39 is 0 Å². The van der Waals surface area contributed by atoms with E-state index in [1.165, 1.54) is 0 Å². The molecule has 0 unspecified atom stereocenters. The average molecular weight is 203 g/mol. The lowest BCUT2D eigenvalue weighted by atomic mass is 10.2. The van der Waals surface area contributed by atoms with E-state index in [9.17, 15) is 0 Å². The van der Waals surface area contributed by atoms with Crippen LogP contribution in [0.4, 0.5) is 0 Å². The molecule has 2 aromatic rings.